The highest BCUT2D eigenvalue weighted by Gasteiger charge is 2.53. The summed E-state index contributed by atoms with van der Waals surface area (Å²) in [5.74, 6) is 1.54. The maximum Gasteiger partial charge on any atom is 0.296 e. The third kappa shape index (κ3) is 3.66. The van der Waals surface area contributed by atoms with Crippen molar-refractivity contribution in [2.75, 3.05) is 18.6 Å². The van der Waals surface area contributed by atoms with Crippen molar-refractivity contribution in [1.82, 2.24) is 4.98 Å². The zero-order valence-corrected chi connectivity index (χ0v) is 21.3. The first-order valence-electron chi connectivity index (χ1n) is 12.4. The van der Waals surface area contributed by atoms with Gasteiger partial charge in [-0.3, -0.25) is 14.5 Å². The van der Waals surface area contributed by atoms with E-state index >= 15 is 0 Å². The monoisotopic (exact) mass is 504 g/mol. The molecular weight excluding hydrogens is 476 g/mol. The van der Waals surface area contributed by atoms with Gasteiger partial charge in [-0.05, 0) is 68.0 Å². The predicted molar refractivity (Wildman–Crippen MR) is 137 cm³/mol. The number of carbonyl (C=O) groups is 2. The Hall–Kier alpha value is -3.39. The Labute approximate surface area is 213 Å². The highest BCUT2D eigenvalue weighted by atomic mass is 32.1. The average Bonchev–Trinajstić information content (AvgIpc) is 3.43. The first kappa shape index (κ1) is 23.0. The van der Waals surface area contributed by atoms with E-state index in [9.17, 15) is 9.59 Å². The zero-order valence-electron chi connectivity index (χ0n) is 20.5. The van der Waals surface area contributed by atoms with Gasteiger partial charge in [-0.25, -0.2) is 4.98 Å². The molecule has 4 atom stereocenters. The number of hydrogen-bond donors (Lipinski definition) is 0. The second-order valence-corrected chi connectivity index (χ2v) is 10.7. The van der Waals surface area contributed by atoms with Crippen LogP contribution in [0, 0.1) is 11.8 Å². The number of hydrogen-bond acceptors (Lipinski definition) is 7. The van der Waals surface area contributed by atoms with Gasteiger partial charge in [0.1, 0.15) is 17.6 Å². The van der Waals surface area contributed by atoms with Crippen molar-refractivity contribution in [3.8, 4) is 11.5 Å². The number of rotatable bonds is 5. The molecule has 7 nitrogen and oxygen atoms in total. The van der Waals surface area contributed by atoms with Crippen LogP contribution in [-0.2, 0) is 14.3 Å². The Kier molecular flexibility index (Phi) is 5.71. The lowest BCUT2D eigenvalue weighted by Gasteiger charge is -2.37. The second-order valence-electron chi connectivity index (χ2n) is 9.70. The fourth-order valence-corrected chi connectivity index (χ4v) is 6.67. The topological polar surface area (TPSA) is 78.0 Å². The lowest BCUT2D eigenvalue weighted by molar-refractivity contribution is -0.132. The van der Waals surface area contributed by atoms with Crippen LogP contribution in [0.15, 0.2) is 53.8 Å². The number of thiazole rings is 1. The van der Waals surface area contributed by atoms with Crippen molar-refractivity contribution in [1.29, 1.82) is 0 Å². The largest absolute Gasteiger partial charge is 0.497 e. The predicted octanol–water partition coefficient (Wildman–Crippen LogP) is 5.45. The number of methoxy groups -OCH3 is 1. The van der Waals surface area contributed by atoms with Crippen LogP contribution in [0.1, 0.15) is 44.7 Å². The molecule has 2 aromatic carbocycles. The Morgan fingerprint density at radius 3 is 2.81 bits per heavy atom. The fraction of sp³-hybridized carbons (Fsp3) is 0.393. The number of fused-ring (bicyclic) bond motifs is 2. The van der Waals surface area contributed by atoms with E-state index in [-0.39, 0.29) is 29.5 Å². The molecule has 0 spiro atoms. The minimum Gasteiger partial charge on any atom is -0.497 e. The van der Waals surface area contributed by atoms with Gasteiger partial charge in [0.05, 0.1) is 41.5 Å². The van der Waals surface area contributed by atoms with Crippen molar-refractivity contribution in [3.63, 3.8) is 0 Å². The highest BCUT2D eigenvalue weighted by molar-refractivity contribution is 7.22. The van der Waals surface area contributed by atoms with E-state index in [2.05, 4.69) is 6.92 Å². The molecule has 1 amide bonds. The van der Waals surface area contributed by atoms with E-state index < -0.39 is 6.04 Å². The molecular formula is C28H28N2O5S. The molecule has 0 bridgehead atoms. The van der Waals surface area contributed by atoms with Gasteiger partial charge < -0.3 is 14.2 Å². The normalized spacial score (nSPS) is 25.6. The van der Waals surface area contributed by atoms with Crippen molar-refractivity contribution >= 4 is 38.4 Å². The maximum absolute atomic E-state index is 14.0. The standard InChI is InChI=1S/C28H28N2O5S/c1-4-34-18-7-5-6-16(13-18)24-23-25(31)19-12-15(2)8-11-21(19)35-26(23)27(32)30(24)28-29-20-10-9-17(33-3)14-22(20)36-28/h5-7,9-10,13-15,19,21,24H,4,8,11-12H2,1-3H3. The van der Waals surface area contributed by atoms with E-state index in [1.807, 2.05) is 49.4 Å². The molecule has 3 aliphatic rings. The minimum atomic E-state index is -0.624. The van der Waals surface area contributed by atoms with Crippen molar-refractivity contribution in [2.45, 2.75) is 45.3 Å². The molecule has 0 radical (unpaired) electrons. The van der Waals surface area contributed by atoms with Gasteiger partial charge in [-0.15, -0.1) is 0 Å². The van der Waals surface area contributed by atoms with Crippen molar-refractivity contribution < 1.29 is 23.8 Å². The highest BCUT2D eigenvalue weighted by Crippen LogP contribution is 2.50. The zero-order chi connectivity index (χ0) is 25.0. The lowest BCUT2D eigenvalue weighted by atomic mass is 9.74. The van der Waals surface area contributed by atoms with Gasteiger partial charge in [0.2, 0.25) is 0 Å². The third-order valence-corrected chi connectivity index (χ3v) is 8.40. The molecule has 0 N–H and O–H groups in total. The number of Topliss-reactive ketones (excluding diaryl/α,β-unsaturated/α-hetero) is 1. The molecule has 2 aliphatic heterocycles. The number of ether oxygens (including phenoxy) is 3. The van der Waals surface area contributed by atoms with Gasteiger partial charge in [0.15, 0.2) is 16.7 Å². The summed E-state index contributed by atoms with van der Waals surface area (Å²) >= 11 is 1.40. The van der Waals surface area contributed by atoms with Gasteiger partial charge in [-0.1, -0.05) is 30.4 Å². The second kappa shape index (κ2) is 8.92. The number of amides is 1. The summed E-state index contributed by atoms with van der Waals surface area (Å²) in [6.07, 6.45) is 2.31. The lowest BCUT2D eigenvalue weighted by Crippen LogP contribution is -2.41. The average molecular weight is 505 g/mol. The first-order chi connectivity index (χ1) is 17.5. The number of carbonyl (C=O) groups excluding carboxylic acids is 2. The van der Waals surface area contributed by atoms with Crippen LogP contribution in [-0.4, -0.2) is 36.5 Å². The molecule has 1 fully saturated rings. The Bertz CT molecular complexity index is 1400. The van der Waals surface area contributed by atoms with Crippen LogP contribution in [0.5, 0.6) is 11.5 Å². The van der Waals surface area contributed by atoms with Crippen LogP contribution in [0.3, 0.4) is 0 Å². The summed E-state index contributed by atoms with van der Waals surface area (Å²) in [6, 6.07) is 12.6. The van der Waals surface area contributed by atoms with Crippen LogP contribution < -0.4 is 14.4 Å². The smallest absolute Gasteiger partial charge is 0.296 e. The van der Waals surface area contributed by atoms with Gasteiger partial charge in [-0.2, -0.15) is 0 Å². The summed E-state index contributed by atoms with van der Waals surface area (Å²) < 4.78 is 18.3. The quantitative estimate of drug-likeness (QED) is 0.460. The SMILES string of the molecule is CCOc1cccc(C2C3=C(OC4CCC(C)CC4C3=O)C(=O)N2c2nc3ccc(OC)cc3s2)c1. The number of aromatic nitrogens is 1. The molecule has 36 heavy (non-hydrogen) atoms. The van der Waals surface area contributed by atoms with Crippen LogP contribution in [0.2, 0.25) is 0 Å². The third-order valence-electron chi connectivity index (χ3n) is 7.39. The number of anilines is 1. The van der Waals surface area contributed by atoms with Gasteiger partial charge in [0, 0.05) is 0 Å². The van der Waals surface area contributed by atoms with E-state index in [1.54, 1.807) is 12.0 Å². The first-order valence-corrected chi connectivity index (χ1v) is 13.3. The molecule has 186 valence electrons. The summed E-state index contributed by atoms with van der Waals surface area (Å²) in [6.45, 7) is 4.63. The molecule has 8 heteroatoms. The Balaban J connectivity index is 1.49. The summed E-state index contributed by atoms with van der Waals surface area (Å²) in [5, 5.41) is 0.525. The number of nitrogens with zero attached hydrogens (tertiary/aromatic N) is 2. The summed E-state index contributed by atoms with van der Waals surface area (Å²) in [4.78, 5) is 34.3. The Morgan fingerprint density at radius 2 is 2.00 bits per heavy atom. The molecule has 1 saturated carbocycles. The van der Waals surface area contributed by atoms with Gasteiger partial charge >= 0.3 is 0 Å². The van der Waals surface area contributed by atoms with E-state index in [0.29, 0.717) is 29.0 Å². The molecule has 0 saturated heterocycles. The number of benzene rings is 2. The number of ketones is 1. The Morgan fingerprint density at radius 1 is 1.14 bits per heavy atom. The van der Waals surface area contributed by atoms with E-state index in [4.69, 9.17) is 19.2 Å². The molecule has 4 unspecified atom stereocenters. The molecule has 3 aromatic rings. The van der Waals surface area contributed by atoms with Crippen molar-refractivity contribution in [3.05, 3.63) is 59.4 Å². The van der Waals surface area contributed by atoms with E-state index in [1.165, 1.54) is 11.3 Å². The van der Waals surface area contributed by atoms with Gasteiger partial charge in [0.25, 0.3) is 5.91 Å². The molecule has 1 aliphatic carbocycles. The van der Waals surface area contributed by atoms with Crippen LogP contribution in [0.4, 0.5) is 5.13 Å². The minimum absolute atomic E-state index is 0.0262. The molecule has 3 heterocycles. The summed E-state index contributed by atoms with van der Waals surface area (Å²) in [5.41, 5.74) is 2.02. The fourth-order valence-electron chi connectivity index (χ4n) is 5.65. The van der Waals surface area contributed by atoms with E-state index in [0.717, 1.165) is 40.8 Å². The van der Waals surface area contributed by atoms with Crippen LogP contribution >= 0.6 is 11.3 Å². The summed E-state index contributed by atoms with van der Waals surface area (Å²) in [7, 11) is 1.62. The van der Waals surface area contributed by atoms with Crippen molar-refractivity contribution in [2.24, 2.45) is 11.8 Å². The molecule has 1 aromatic heterocycles. The maximum atomic E-state index is 14.0. The van der Waals surface area contributed by atoms with Crippen LogP contribution in [0.25, 0.3) is 10.2 Å². The molecule has 6 rings (SSSR count).